The van der Waals surface area contributed by atoms with Gasteiger partial charge in [0.25, 0.3) is 5.91 Å². The minimum absolute atomic E-state index is 0.131. The van der Waals surface area contributed by atoms with Crippen molar-refractivity contribution in [3.05, 3.63) is 53.6 Å². The highest BCUT2D eigenvalue weighted by atomic mass is 16.3. The molecule has 104 valence electrons. The predicted molar refractivity (Wildman–Crippen MR) is 81.0 cm³/mol. The maximum atomic E-state index is 12.6. The van der Waals surface area contributed by atoms with E-state index in [-0.39, 0.29) is 11.7 Å². The fraction of sp³-hybridized carbons (Fsp3) is 0.188. The van der Waals surface area contributed by atoms with E-state index in [1.165, 1.54) is 0 Å². The summed E-state index contributed by atoms with van der Waals surface area (Å²) in [5, 5.41) is 9.55. The molecule has 4 nitrogen and oxygen atoms in total. The number of nitrogens with zero attached hydrogens (tertiary/aromatic N) is 1. The topological polar surface area (TPSA) is 66.6 Å². The van der Waals surface area contributed by atoms with E-state index < -0.39 is 0 Å². The predicted octanol–water partition coefficient (Wildman–Crippen LogP) is 2.95. The van der Waals surface area contributed by atoms with Crippen LogP contribution < -0.4 is 10.6 Å². The van der Waals surface area contributed by atoms with Gasteiger partial charge in [-0.3, -0.25) is 4.79 Å². The number of phenols is 1. The van der Waals surface area contributed by atoms with Crippen molar-refractivity contribution < 1.29 is 9.90 Å². The van der Waals surface area contributed by atoms with Crippen LogP contribution >= 0.6 is 0 Å². The van der Waals surface area contributed by atoms with E-state index in [9.17, 15) is 9.90 Å². The lowest BCUT2D eigenvalue weighted by molar-refractivity contribution is 0.0989. The zero-order chi connectivity index (χ0) is 14.7. The van der Waals surface area contributed by atoms with Crippen LogP contribution in [0.5, 0.6) is 5.75 Å². The number of hydrogen-bond donors (Lipinski definition) is 2. The number of hydrogen-bond acceptors (Lipinski definition) is 3. The molecular formula is C16H18N2O2. The normalized spacial score (nSPS) is 10.3. The number of nitrogens with two attached hydrogens (primary N) is 1. The Hall–Kier alpha value is -2.49. The van der Waals surface area contributed by atoms with E-state index in [0.717, 1.165) is 5.56 Å². The summed E-state index contributed by atoms with van der Waals surface area (Å²) in [6, 6.07) is 12.0. The van der Waals surface area contributed by atoms with E-state index in [0.29, 0.717) is 23.5 Å². The molecule has 0 heterocycles. The number of aromatic hydroxyl groups is 1. The summed E-state index contributed by atoms with van der Waals surface area (Å²) < 4.78 is 0. The van der Waals surface area contributed by atoms with Gasteiger partial charge in [0, 0.05) is 24.0 Å². The Balaban J connectivity index is 2.42. The Kier molecular flexibility index (Phi) is 3.94. The highest BCUT2D eigenvalue weighted by molar-refractivity contribution is 6.09. The number of aryl methyl sites for hydroxylation is 1. The highest BCUT2D eigenvalue weighted by Gasteiger charge is 2.19. The summed E-state index contributed by atoms with van der Waals surface area (Å²) in [4.78, 5) is 14.2. The Labute approximate surface area is 118 Å². The second-order valence-electron chi connectivity index (χ2n) is 4.61. The van der Waals surface area contributed by atoms with Gasteiger partial charge in [0.2, 0.25) is 0 Å². The molecule has 0 radical (unpaired) electrons. The van der Waals surface area contributed by atoms with Crippen LogP contribution in [0.2, 0.25) is 0 Å². The van der Waals surface area contributed by atoms with Gasteiger partial charge in [-0.25, -0.2) is 0 Å². The molecule has 0 aliphatic heterocycles. The molecule has 0 aliphatic rings. The number of amides is 1. The first-order valence-corrected chi connectivity index (χ1v) is 6.50. The zero-order valence-electron chi connectivity index (χ0n) is 11.6. The Morgan fingerprint density at radius 1 is 1.25 bits per heavy atom. The molecule has 2 aromatic carbocycles. The number of phenolic OH excluding ortho intramolecular Hbond substituents is 1. The van der Waals surface area contributed by atoms with Crippen LogP contribution in [0.1, 0.15) is 22.8 Å². The first-order valence-electron chi connectivity index (χ1n) is 6.50. The third-order valence-corrected chi connectivity index (χ3v) is 3.26. The molecule has 3 N–H and O–H groups in total. The largest absolute Gasteiger partial charge is 0.508 e. The molecule has 0 unspecified atom stereocenters. The molecule has 4 heteroatoms. The number of carbonyl (C=O) groups is 1. The second kappa shape index (κ2) is 5.65. The quantitative estimate of drug-likeness (QED) is 0.843. The van der Waals surface area contributed by atoms with Crippen molar-refractivity contribution in [1.29, 1.82) is 0 Å². The lowest BCUT2D eigenvalue weighted by Crippen LogP contribution is -2.31. The molecule has 0 spiro atoms. The van der Waals surface area contributed by atoms with Crippen LogP contribution in [-0.4, -0.2) is 17.6 Å². The van der Waals surface area contributed by atoms with Gasteiger partial charge in [-0.2, -0.15) is 0 Å². The minimum atomic E-state index is -0.167. The molecule has 0 atom stereocenters. The Bertz CT molecular complexity index is 638. The van der Waals surface area contributed by atoms with E-state index in [4.69, 9.17) is 5.73 Å². The summed E-state index contributed by atoms with van der Waals surface area (Å²) in [7, 11) is 0. The van der Waals surface area contributed by atoms with Crippen molar-refractivity contribution in [3.63, 3.8) is 0 Å². The van der Waals surface area contributed by atoms with Gasteiger partial charge in [0.1, 0.15) is 5.75 Å². The monoisotopic (exact) mass is 270 g/mol. The molecule has 0 saturated heterocycles. The molecule has 0 aromatic heterocycles. The van der Waals surface area contributed by atoms with Gasteiger partial charge in [-0.15, -0.1) is 0 Å². The summed E-state index contributed by atoms with van der Waals surface area (Å²) in [6.07, 6.45) is 0. The molecule has 1 amide bonds. The van der Waals surface area contributed by atoms with Crippen LogP contribution in [0, 0.1) is 6.92 Å². The molecule has 2 rings (SSSR count). The highest BCUT2D eigenvalue weighted by Crippen LogP contribution is 2.24. The minimum Gasteiger partial charge on any atom is -0.508 e. The Morgan fingerprint density at radius 2 is 1.95 bits per heavy atom. The third-order valence-electron chi connectivity index (χ3n) is 3.26. The average Bonchev–Trinajstić information content (AvgIpc) is 2.42. The summed E-state index contributed by atoms with van der Waals surface area (Å²) in [6.45, 7) is 4.25. The van der Waals surface area contributed by atoms with Crippen molar-refractivity contribution in [2.75, 3.05) is 17.2 Å². The zero-order valence-corrected chi connectivity index (χ0v) is 11.6. The molecule has 0 bridgehead atoms. The maximum Gasteiger partial charge on any atom is 0.260 e. The van der Waals surface area contributed by atoms with E-state index in [1.807, 2.05) is 26.0 Å². The van der Waals surface area contributed by atoms with Crippen LogP contribution in [0.15, 0.2) is 42.5 Å². The van der Waals surface area contributed by atoms with Crippen LogP contribution in [-0.2, 0) is 0 Å². The fourth-order valence-corrected chi connectivity index (χ4v) is 2.12. The summed E-state index contributed by atoms with van der Waals surface area (Å²) in [5.41, 5.74) is 8.49. The summed E-state index contributed by atoms with van der Waals surface area (Å²) in [5.74, 6) is -0.0368. The van der Waals surface area contributed by atoms with E-state index in [1.54, 1.807) is 35.2 Å². The van der Waals surface area contributed by atoms with E-state index >= 15 is 0 Å². The second-order valence-corrected chi connectivity index (χ2v) is 4.61. The number of nitrogen functional groups attached to an aromatic ring is 1. The van der Waals surface area contributed by atoms with Crippen LogP contribution in [0.4, 0.5) is 11.4 Å². The third kappa shape index (κ3) is 2.59. The lowest BCUT2D eigenvalue weighted by atomic mass is 10.1. The number of rotatable bonds is 3. The molecule has 2 aromatic rings. The average molecular weight is 270 g/mol. The molecule has 0 saturated carbocycles. The smallest absolute Gasteiger partial charge is 0.260 e. The molecular weight excluding hydrogens is 252 g/mol. The number of carbonyl (C=O) groups excluding carboxylic acids is 1. The van der Waals surface area contributed by atoms with E-state index in [2.05, 4.69) is 0 Å². The van der Waals surface area contributed by atoms with Gasteiger partial charge < -0.3 is 15.7 Å². The maximum absolute atomic E-state index is 12.6. The first-order chi connectivity index (χ1) is 9.54. The van der Waals surface area contributed by atoms with Crippen LogP contribution in [0.25, 0.3) is 0 Å². The van der Waals surface area contributed by atoms with Gasteiger partial charge in [-0.05, 0) is 37.6 Å². The molecule has 0 aliphatic carbocycles. The SMILES string of the molecule is CCN(C(=O)c1cccc(C)c1N)c1cccc(O)c1. The lowest BCUT2D eigenvalue weighted by Gasteiger charge is -2.22. The molecule has 0 fully saturated rings. The van der Waals surface area contributed by atoms with Crippen molar-refractivity contribution in [2.24, 2.45) is 0 Å². The summed E-state index contributed by atoms with van der Waals surface area (Å²) >= 11 is 0. The van der Waals surface area contributed by atoms with Crippen molar-refractivity contribution in [2.45, 2.75) is 13.8 Å². The first kappa shape index (κ1) is 13.9. The van der Waals surface area contributed by atoms with Crippen molar-refractivity contribution >= 4 is 17.3 Å². The standard InChI is InChI=1S/C16H18N2O2/c1-3-18(12-7-5-8-13(19)10-12)16(20)14-9-4-6-11(2)15(14)17/h4-10,19H,3,17H2,1-2H3. The van der Waals surface area contributed by atoms with Crippen molar-refractivity contribution in [3.8, 4) is 5.75 Å². The Morgan fingerprint density at radius 3 is 2.60 bits per heavy atom. The number of para-hydroxylation sites is 1. The van der Waals surface area contributed by atoms with Crippen LogP contribution in [0.3, 0.4) is 0 Å². The fourth-order valence-electron chi connectivity index (χ4n) is 2.12. The van der Waals surface area contributed by atoms with Gasteiger partial charge in [0.15, 0.2) is 0 Å². The number of anilines is 2. The number of benzene rings is 2. The van der Waals surface area contributed by atoms with Gasteiger partial charge >= 0.3 is 0 Å². The van der Waals surface area contributed by atoms with Gasteiger partial charge in [0.05, 0.1) is 5.56 Å². The van der Waals surface area contributed by atoms with Crippen molar-refractivity contribution in [1.82, 2.24) is 0 Å². The van der Waals surface area contributed by atoms with Gasteiger partial charge in [-0.1, -0.05) is 18.2 Å². The molecule has 20 heavy (non-hydrogen) atoms.